The zero-order chi connectivity index (χ0) is 15.0. The molecule has 4 nitrogen and oxygen atoms in total. The maximum atomic E-state index is 12.8. The van der Waals surface area contributed by atoms with Crippen LogP contribution in [0.3, 0.4) is 0 Å². The van der Waals surface area contributed by atoms with Crippen molar-refractivity contribution >= 4 is 23.2 Å². The van der Waals surface area contributed by atoms with Gasteiger partial charge < -0.3 is 10.2 Å². The van der Waals surface area contributed by atoms with Crippen LogP contribution in [0.2, 0.25) is 0 Å². The van der Waals surface area contributed by atoms with Crippen molar-refractivity contribution in [2.24, 2.45) is 5.92 Å². The number of carbonyl (C=O) groups is 2. The lowest BCUT2D eigenvalue weighted by Gasteiger charge is -2.44. The third kappa shape index (κ3) is 2.71. The van der Waals surface area contributed by atoms with Crippen molar-refractivity contribution in [3.8, 4) is 0 Å². The first-order valence-electron chi connectivity index (χ1n) is 7.69. The SMILES string of the molecule is CCC1(C)NC(=O)C(C2CC2)N(CCc2ccsc2)C1=O. The third-order valence-corrected chi connectivity index (χ3v) is 5.47. The van der Waals surface area contributed by atoms with Crippen LogP contribution in [-0.4, -0.2) is 34.8 Å². The lowest BCUT2D eigenvalue weighted by molar-refractivity contribution is -0.155. The zero-order valence-electron chi connectivity index (χ0n) is 12.6. The fourth-order valence-corrected chi connectivity index (χ4v) is 3.73. The molecule has 2 heterocycles. The number of thiophene rings is 1. The molecule has 0 radical (unpaired) electrons. The molecule has 2 amide bonds. The van der Waals surface area contributed by atoms with Crippen molar-refractivity contribution < 1.29 is 9.59 Å². The van der Waals surface area contributed by atoms with E-state index in [0.717, 1.165) is 19.3 Å². The normalized spacial score (nSPS) is 29.6. The maximum absolute atomic E-state index is 12.8. The Morgan fingerprint density at radius 3 is 2.76 bits per heavy atom. The van der Waals surface area contributed by atoms with E-state index < -0.39 is 5.54 Å². The Kier molecular flexibility index (Phi) is 3.78. The highest BCUT2D eigenvalue weighted by Crippen LogP contribution is 2.38. The fraction of sp³-hybridized carbons (Fsp3) is 0.625. The summed E-state index contributed by atoms with van der Waals surface area (Å²) in [6, 6.07) is 1.83. The van der Waals surface area contributed by atoms with E-state index in [4.69, 9.17) is 0 Å². The molecular weight excluding hydrogens is 284 g/mol. The predicted molar refractivity (Wildman–Crippen MR) is 83.1 cm³/mol. The van der Waals surface area contributed by atoms with E-state index in [-0.39, 0.29) is 17.9 Å². The summed E-state index contributed by atoms with van der Waals surface area (Å²) < 4.78 is 0. The van der Waals surface area contributed by atoms with E-state index >= 15 is 0 Å². The predicted octanol–water partition coefficient (Wildman–Crippen LogP) is 2.20. The highest BCUT2D eigenvalue weighted by Gasteiger charge is 2.51. The second-order valence-electron chi connectivity index (χ2n) is 6.34. The van der Waals surface area contributed by atoms with Gasteiger partial charge in [0.15, 0.2) is 0 Å². The molecule has 2 atom stereocenters. The number of nitrogens with one attached hydrogen (secondary N) is 1. The second-order valence-corrected chi connectivity index (χ2v) is 7.12. The van der Waals surface area contributed by atoms with Crippen LogP contribution in [-0.2, 0) is 16.0 Å². The molecule has 114 valence electrons. The summed E-state index contributed by atoms with van der Waals surface area (Å²) in [5.41, 5.74) is 0.503. The number of hydrogen-bond acceptors (Lipinski definition) is 3. The first-order valence-corrected chi connectivity index (χ1v) is 8.63. The molecule has 1 N–H and O–H groups in total. The van der Waals surface area contributed by atoms with Gasteiger partial charge in [-0.05, 0) is 60.9 Å². The standard InChI is InChI=1S/C16H22N2O2S/c1-3-16(2)15(20)18(8-6-11-7-9-21-10-11)13(12-4-5-12)14(19)17-16/h7,9-10,12-13H,3-6,8H2,1-2H3,(H,17,19). The molecular formula is C16H22N2O2S. The van der Waals surface area contributed by atoms with E-state index in [1.165, 1.54) is 5.56 Å². The molecule has 3 rings (SSSR count). The highest BCUT2D eigenvalue weighted by atomic mass is 32.1. The fourth-order valence-electron chi connectivity index (χ4n) is 3.03. The molecule has 1 saturated carbocycles. The molecule has 2 unspecified atom stereocenters. The molecule has 1 saturated heterocycles. The Morgan fingerprint density at radius 2 is 2.19 bits per heavy atom. The number of piperazine rings is 1. The van der Waals surface area contributed by atoms with Crippen molar-refractivity contribution in [1.82, 2.24) is 10.2 Å². The molecule has 0 spiro atoms. The molecule has 1 aromatic rings. The van der Waals surface area contributed by atoms with Crippen LogP contribution in [0.1, 0.15) is 38.7 Å². The first-order chi connectivity index (χ1) is 10.0. The first kappa shape index (κ1) is 14.6. The third-order valence-electron chi connectivity index (χ3n) is 4.73. The Hall–Kier alpha value is -1.36. The topological polar surface area (TPSA) is 49.4 Å². The summed E-state index contributed by atoms with van der Waals surface area (Å²) in [4.78, 5) is 27.1. The summed E-state index contributed by atoms with van der Waals surface area (Å²) in [6.45, 7) is 4.43. The smallest absolute Gasteiger partial charge is 0.248 e. The summed E-state index contributed by atoms with van der Waals surface area (Å²) in [7, 11) is 0. The summed E-state index contributed by atoms with van der Waals surface area (Å²) in [5, 5.41) is 7.12. The number of hydrogen-bond donors (Lipinski definition) is 1. The van der Waals surface area contributed by atoms with Gasteiger partial charge in [0, 0.05) is 6.54 Å². The van der Waals surface area contributed by atoms with E-state index in [1.807, 2.05) is 18.7 Å². The van der Waals surface area contributed by atoms with Crippen LogP contribution in [0.5, 0.6) is 0 Å². The van der Waals surface area contributed by atoms with Gasteiger partial charge in [-0.1, -0.05) is 6.92 Å². The highest BCUT2D eigenvalue weighted by molar-refractivity contribution is 7.07. The molecule has 1 aliphatic heterocycles. The van der Waals surface area contributed by atoms with Gasteiger partial charge in [-0.15, -0.1) is 0 Å². The number of rotatable bonds is 5. The van der Waals surface area contributed by atoms with Gasteiger partial charge in [-0.2, -0.15) is 11.3 Å². The Morgan fingerprint density at radius 1 is 1.43 bits per heavy atom. The lowest BCUT2D eigenvalue weighted by atomic mass is 9.90. The van der Waals surface area contributed by atoms with Crippen molar-refractivity contribution in [1.29, 1.82) is 0 Å². The monoisotopic (exact) mass is 306 g/mol. The van der Waals surface area contributed by atoms with Gasteiger partial charge in [0.1, 0.15) is 11.6 Å². The Bertz CT molecular complexity index is 538. The van der Waals surface area contributed by atoms with E-state index in [0.29, 0.717) is 18.9 Å². The summed E-state index contributed by atoms with van der Waals surface area (Å²) >= 11 is 1.67. The van der Waals surface area contributed by atoms with E-state index in [2.05, 4.69) is 22.1 Å². The average molecular weight is 306 g/mol. The quantitative estimate of drug-likeness (QED) is 0.906. The van der Waals surface area contributed by atoms with Gasteiger partial charge in [0.25, 0.3) is 0 Å². The molecule has 0 bridgehead atoms. The molecule has 5 heteroatoms. The van der Waals surface area contributed by atoms with Crippen LogP contribution < -0.4 is 5.32 Å². The van der Waals surface area contributed by atoms with Crippen LogP contribution in [0, 0.1) is 5.92 Å². The minimum Gasteiger partial charge on any atom is -0.340 e. The van der Waals surface area contributed by atoms with Gasteiger partial charge >= 0.3 is 0 Å². The van der Waals surface area contributed by atoms with Gasteiger partial charge in [-0.25, -0.2) is 0 Å². The summed E-state index contributed by atoms with van der Waals surface area (Å²) in [5.74, 6) is 0.473. The molecule has 2 fully saturated rings. The van der Waals surface area contributed by atoms with Gasteiger partial charge in [-0.3, -0.25) is 9.59 Å². The molecule has 21 heavy (non-hydrogen) atoms. The maximum Gasteiger partial charge on any atom is 0.248 e. The summed E-state index contributed by atoms with van der Waals surface area (Å²) in [6.07, 6.45) is 3.57. The minimum absolute atomic E-state index is 0.0340. The Balaban J connectivity index is 1.80. The average Bonchev–Trinajstić information content (AvgIpc) is 3.16. The minimum atomic E-state index is -0.739. The number of amides is 2. The number of carbonyl (C=O) groups excluding carboxylic acids is 2. The van der Waals surface area contributed by atoms with E-state index in [9.17, 15) is 9.59 Å². The van der Waals surface area contributed by atoms with Crippen molar-refractivity contribution in [2.75, 3.05) is 6.54 Å². The van der Waals surface area contributed by atoms with Gasteiger partial charge in [0.2, 0.25) is 11.8 Å². The van der Waals surface area contributed by atoms with Crippen molar-refractivity contribution in [2.45, 2.75) is 51.1 Å². The van der Waals surface area contributed by atoms with Crippen molar-refractivity contribution in [3.63, 3.8) is 0 Å². The second kappa shape index (κ2) is 5.44. The van der Waals surface area contributed by atoms with Crippen molar-refractivity contribution in [3.05, 3.63) is 22.4 Å². The van der Waals surface area contributed by atoms with Gasteiger partial charge in [0.05, 0.1) is 0 Å². The van der Waals surface area contributed by atoms with Crippen LogP contribution in [0.25, 0.3) is 0 Å². The lowest BCUT2D eigenvalue weighted by Crippen LogP contribution is -2.69. The number of nitrogens with zero attached hydrogens (tertiary/aromatic N) is 1. The van der Waals surface area contributed by atoms with Crippen LogP contribution in [0.4, 0.5) is 0 Å². The molecule has 2 aliphatic rings. The van der Waals surface area contributed by atoms with Crippen LogP contribution >= 0.6 is 11.3 Å². The van der Waals surface area contributed by atoms with E-state index in [1.54, 1.807) is 11.3 Å². The molecule has 0 aromatic carbocycles. The van der Waals surface area contributed by atoms with Crippen LogP contribution in [0.15, 0.2) is 16.8 Å². The zero-order valence-corrected chi connectivity index (χ0v) is 13.4. The Labute approximate surface area is 129 Å². The molecule has 1 aliphatic carbocycles. The molecule has 1 aromatic heterocycles. The largest absolute Gasteiger partial charge is 0.340 e.